The second kappa shape index (κ2) is 50.4. The molecule has 1 aliphatic rings. The molecule has 41 nitrogen and oxygen atoms in total. The molecule has 1 heterocycles. The fourth-order valence-corrected chi connectivity index (χ4v) is 11.2. The summed E-state index contributed by atoms with van der Waals surface area (Å²) in [6.07, 6.45) is -11.7. The number of benzene rings is 1. The molecule has 16 amide bonds. The Balaban J connectivity index is 3.11. The highest BCUT2D eigenvalue weighted by atomic mass is 16.6. The summed E-state index contributed by atoms with van der Waals surface area (Å²) < 4.78 is 32.2. The third-order valence-corrected chi connectivity index (χ3v) is 16.8. The summed E-state index contributed by atoms with van der Waals surface area (Å²) in [6, 6.07) is -10.0. The predicted molar refractivity (Wildman–Crippen MR) is 439 cm³/mol. The third kappa shape index (κ3) is 45.9. The Labute approximate surface area is 707 Å². The lowest BCUT2D eigenvalue weighted by Crippen LogP contribution is -2.63. The first kappa shape index (κ1) is 106. The zero-order chi connectivity index (χ0) is 92.1. The van der Waals surface area contributed by atoms with Gasteiger partial charge in [-0.05, 0) is 181 Å². The minimum absolute atomic E-state index is 0.138. The maximum absolute atomic E-state index is 15.4. The van der Waals surface area contributed by atoms with E-state index in [2.05, 4.69) is 85.1 Å². The highest BCUT2D eigenvalue weighted by Crippen LogP contribution is 2.16. The van der Waals surface area contributed by atoms with Gasteiger partial charge in [-0.1, -0.05) is 57.5 Å². The average Bonchev–Trinajstić information content (AvgIpc) is 1.28. The minimum atomic E-state index is -2.07. The second-order valence-electron chi connectivity index (χ2n) is 34.7. The lowest BCUT2D eigenvalue weighted by atomic mass is 10.00. The molecule has 41 heteroatoms. The zero-order valence-electron chi connectivity index (χ0n) is 73.8. The lowest BCUT2D eigenvalue weighted by Gasteiger charge is -2.29. The van der Waals surface area contributed by atoms with E-state index in [1.807, 2.05) is 6.92 Å². The molecule has 0 spiro atoms. The van der Waals surface area contributed by atoms with E-state index in [0.29, 0.717) is 18.4 Å². The van der Waals surface area contributed by atoms with E-state index in [0.717, 1.165) is 13.8 Å². The summed E-state index contributed by atoms with van der Waals surface area (Å²) in [6.45, 7) is 29.5. The number of esters is 1. The van der Waals surface area contributed by atoms with Crippen molar-refractivity contribution in [2.75, 3.05) is 39.3 Å². The fraction of sp³-hybridized carbons (Fsp3) is 0.713. The SMILES string of the molecule is CCCC(C)OC(=O)CCC(=O)N[C@@H](CCNC(=O)OC(C)(C)C)C(=O)N[C@H](C(=O)N[C@@H](CNC(=O)OC(C)(C)C)C(=O)N[C@H]1CCNC(=O)[C@H](C(C)O)NC(=O)[C@H](CCNC(=O)OC(C)(C)C)NC(=O)[C@H](CCNC(=O)OC(C)(C)C)NC(=O)[C@H](CC(C)C)NC(=O)[C@@H](Cc2ccccc2)NC(=O)[C@H](CCNC(=O)OC(C)(C)C)NC1=O)C(C)O. The van der Waals surface area contributed by atoms with Gasteiger partial charge >= 0.3 is 36.4 Å². The van der Waals surface area contributed by atoms with Gasteiger partial charge in [0.05, 0.1) is 31.3 Å². The summed E-state index contributed by atoms with van der Waals surface area (Å²) in [4.78, 5) is 241. The van der Waals surface area contributed by atoms with Crippen molar-refractivity contribution < 1.29 is 120 Å². The van der Waals surface area contributed by atoms with E-state index < -0.39 is 285 Å². The number of aliphatic hydroxyl groups is 2. The number of ether oxygens (including phenoxy) is 6. The Bertz CT molecular complexity index is 3640. The summed E-state index contributed by atoms with van der Waals surface area (Å²) in [5.41, 5.74) is -4.72. The van der Waals surface area contributed by atoms with Gasteiger partial charge in [-0.25, -0.2) is 24.0 Å². The molecule has 0 saturated carbocycles. The molecule has 2 rings (SSSR count). The molecular weight excluding hydrogens is 1580 g/mol. The van der Waals surface area contributed by atoms with Crippen LogP contribution in [-0.2, 0) is 92.4 Å². The molecule has 0 bridgehead atoms. The van der Waals surface area contributed by atoms with Crippen molar-refractivity contribution in [2.24, 2.45) is 5.92 Å². The highest BCUT2D eigenvalue weighted by Gasteiger charge is 2.40. The molecule has 1 aromatic rings. The van der Waals surface area contributed by atoms with E-state index in [9.17, 15) is 72.5 Å². The van der Waals surface area contributed by atoms with Gasteiger partial charge in [-0.3, -0.25) is 57.5 Å². The monoisotopic (exact) mass is 1720 g/mol. The molecule has 3 unspecified atom stereocenters. The van der Waals surface area contributed by atoms with Gasteiger partial charge in [0.1, 0.15) is 88.4 Å². The normalized spacial score (nSPS) is 19.8. The predicted octanol–water partition coefficient (Wildman–Crippen LogP) is 1.10. The van der Waals surface area contributed by atoms with Crippen LogP contribution in [-0.4, -0.2) is 258 Å². The first-order chi connectivity index (χ1) is 55.9. The maximum Gasteiger partial charge on any atom is 0.407 e. The minimum Gasteiger partial charge on any atom is -0.463 e. The number of carbonyl (C=O) groups excluding carboxylic acids is 17. The van der Waals surface area contributed by atoms with Crippen LogP contribution < -0.4 is 85.1 Å². The molecule has 13 atom stereocenters. The van der Waals surface area contributed by atoms with Crippen molar-refractivity contribution in [3.63, 3.8) is 0 Å². The van der Waals surface area contributed by atoms with Crippen LogP contribution in [0.25, 0.3) is 0 Å². The van der Waals surface area contributed by atoms with Gasteiger partial charge < -0.3 is 124 Å². The molecule has 0 aliphatic carbocycles. The van der Waals surface area contributed by atoms with Crippen LogP contribution >= 0.6 is 0 Å². The zero-order valence-corrected chi connectivity index (χ0v) is 73.8. The molecule has 18 N–H and O–H groups in total. The Hall–Kier alpha value is -10.9. The first-order valence-electron chi connectivity index (χ1n) is 40.7. The van der Waals surface area contributed by atoms with E-state index in [1.54, 1.807) is 134 Å². The molecule has 0 aromatic heterocycles. The average molecular weight is 1720 g/mol. The van der Waals surface area contributed by atoms with Crippen molar-refractivity contribution >= 4 is 101 Å². The number of carbonyl (C=O) groups is 17. The number of alkyl carbamates (subject to hydrolysis) is 5. The molecule has 1 aromatic carbocycles. The highest BCUT2D eigenvalue weighted by molar-refractivity contribution is 6.00. The summed E-state index contributed by atoms with van der Waals surface area (Å²) >= 11 is 0. The standard InChI is InChI=1S/C80H134N16O25/c1-22-26-45(4)116-58(100)30-29-57(99)87-49(32-37-82-71(111)117-76(7,8)9)64(104)96-60(47(6)98)70(110)94-56(43-86-75(115)121-80(19,20)21)68(108)91-50-31-36-81-69(109)59(46(5)97)95-65(105)53(35-40-85-74(114)120-79(16,17)18)89-62(102)51(33-38-83-72(112)118-77(10,11)12)90-66(106)54(41-44(2)3)92-67(107)55(42-48-27-24-23-25-28-48)93-63(103)52(88-61(50)101)34-39-84-73(113)119-78(13,14)15/h23-25,27-28,44-47,49-56,59-60,97-98H,22,26,29-43H2,1-21H3,(H,81,109)(H,82,111)(H,83,112)(H,84,113)(H,85,114)(H,86,115)(H,87,99)(H,88,101)(H,89,102)(H,90,106)(H,91,108)(H,92,107)(H,93,103)(H,94,110)(H,95,105)(H,96,104)/t45?,46?,47?,49-,50-,51-,52-,53-,54-,55+,56-,59-,60-/m0/s1. The molecule has 684 valence electrons. The largest absolute Gasteiger partial charge is 0.463 e. The van der Waals surface area contributed by atoms with Crippen LogP contribution in [0.4, 0.5) is 24.0 Å². The van der Waals surface area contributed by atoms with Crippen LogP contribution in [0.5, 0.6) is 0 Å². The van der Waals surface area contributed by atoms with Crippen molar-refractivity contribution in [3.8, 4) is 0 Å². The van der Waals surface area contributed by atoms with Gasteiger partial charge in [0.15, 0.2) is 0 Å². The van der Waals surface area contributed by atoms with E-state index in [4.69, 9.17) is 28.4 Å². The van der Waals surface area contributed by atoms with E-state index in [1.165, 1.54) is 20.8 Å². The van der Waals surface area contributed by atoms with Gasteiger partial charge in [0.2, 0.25) is 65.0 Å². The fourth-order valence-electron chi connectivity index (χ4n) is 11.2. The third-order valence-electron chi connectivity index (χ3n) is 16.8. The van der Waals surface area contributed by atoms with Gasteiger partial charge in [-0.15, -0.1) is 0 Å². The Morgan fingerprint density at radius 3 is 1.31 bits per heavy atom. The van der Waals surface area contributed by atoms with Crippen LogP contribution in [0.1, 0.15) is 215 Å². The van der Waals surface area contributed by atoms with Crippen molar-refractivity contribution in [1.82, 2.24) is 85.1 Å². The van der Waals surface area contributed by atoms with Crippen LogP contribution in [0, 0.1) is 5.92 Å². The lowest BCUT2D eigenvalue weighted by molar-refractivity contribution is -0.149. The number of hydrogen-bond acceptors (Lipinski definition) is 25. The molecule has 121 heavy (non-hydrogen) atoms. The maximum atomic E-state index is 15.4. The quantitative estimate of drug-likeness (QED) is 0.0346. The number of nitrogens with one attached hydrogen (secondary N) is 16. The molecular formula is C80H134N16O25. The smallest absolute Gasteiger partial charge is 0.407 e. The van der Waals surface area contributed by atoms with Gasteiger partial charge in [-0.2, -0.15) is 0 Å². The topological polar surface area (TPSA) is 579 Å². The molecule has 1 saturated heterocycles. The van der Waals surface area contributed by atoms with Crippen LogP contribution in [0.2, 0.25) is 0 Å². The molecule has 1 fully saturated rings. The Kier molecular flexibility index (Phi) is 44.2. The number of amides is 16. The van der Waals surface area contributed by atoms with Crippen LogP contribution in [0.3, 0.4) is 0 Å². The van der Waals surface area contributed by atoms with Gasteiger partial charge in [0.25, 0.3) is 0 Å². The summed E-state index contributed by atoms with van der Waals surface area (Å²) in [5, 5.41) is 62.3. The second-order valence-corrected chi connectivity index (χ2v) is 34.7. The Morgan fingerprint density at radius 2 is 0.868 bits per heavy atom. The van der Waals surface area contributed by atoms with Gasteiger partial charge in [0, 0.05) is 45.6 Å². The van der Waals surface area contributed by atoms with Crippen molar-refractivity contribution in [1.29, 1.82) is 0 Å². The molecule has 0 radical (unpaired) electrons. The first-order valence-corrected chi connectivity index (χ1v) is 40.7. The van der Waals surface area contributed by atoms with E-state index >= 15 is 19.2 Å². The Morgan fingerprint density at radius 1 is 0.455 bits per heavy atom. The number of rotatable bonds is 33. The summed E-state index contributed by atoms with van der Waals surface area (Å²) in [7, 11) is 0. The van der Waals surface area contributed by atoms with Crippen molar-refractivity contribution in [2.45, 2.75) is 323 Å². The number of aliphatic hydroxyl groups excluding tert-OH is 2. The number of hydrogen-bond donors (Lipinski definition) is 18. The summed E-state index contributed by atoms with van der Waals surface area (Å²) in [5.74, 6) is -13.7. The van der Waals surface area contributed by atoms with Crippen molar-refractivity contribution in [3.05, 3.63) is 35.9 Å². The van der Waals surface area contributed by atoms with Crippen LogP contribution in [0.15, 0.2) is 30.3 Å². The van der Waals surface area contributed by atoms with E-state index in [-0.39, 0.29) is 25.9 Å². The molecule has 1 aliphatic heterocycles.